The number of carbonyl (C=O) groups is 1. The number of amides is 1. The van der Waals surface area contributed by atoms with Gasteiger partial charge in [0.05, 0.1) is 18.9 Å². The molecule has 19 heavy (non-hydrogen) atoms. The van der Waals surface area contributed by atoms with Crippen molar-refractivity contribution >= 4 is 23.2 Å². The van der Waals surface area contributed by atoms with Crippen molar-refractivity contribution in [2.75, 3.05) is 24.7 Å². The van der Waals surface area contributed by atoms with E-state index in [9.17, 15) is 4.79 Å². The molecule has 5 heteroatoms. The Morgan fingerprint density at radius 3 is 2.68 bits per heavy atom. The molecule has 102 valence electrons. The van der Waals surface area contributed by atoms with Gasteiger partial charge >= 0.3 is 0 Å². The van der Waals surface area contributed by atoms with Crippen molar-refractivity contribution in [1.82, 2.24) is 0 Å². The van der Waals surface area contributed by atoms with Gasteiger partial charge in [0.15, 0.2) is 0 Å². The van der Waals surface area contributed by atoms with Gasteiger partial charge in [-0.05, 0) is 24.1 Å². The molecule has 1 spiro atoms. The molecule has 1 aromatic carbocycles. The van der Waals surface area contributed by atoms with Gasteiger partial charge in [-0.1, -0.05) is 25.4 Å². The maximum absolute atomic E-state index is 12.7. The second-order valence-corrected chi connectivity index (χ2v) is 5.72. The molecule has 0 aliphatic carbocycles. The highest BCUT2D eigenvalue weighted by Crippen LogP contribution is 2.46. The van der Waals surface area contributed by atoms with Crippen molar-refractivity contribution in [2.24, 2.45) is 5.92 Å². The minimum Gasteiger partial charge on any atom is -0.336 e. The van der Waals surface area contributed by atoms with E-state index in [0.717, 1.165) is 11.3 Å². The second-order valence-electron chi connectivity index (χ2n) is 5.28. The normalized spacial score (nSPS) is 20.6. The highest BCUT2D eigenvalue weighted by Gasteiger charge is 2.56. The average molecular weight is 282 g/mol. The first-order valence-electron chi connectivity index (χ1n) is 6.44. The summed E-state index contributed by atoms with van der Waals surface area (Å²) in [5, 5.41) is 0.580. The smallest absolute Gasteiger partial charge is 0.292 e. The van der Waals surface area contributed by atoms with E-state index in [1.54, 1.807) is 17.0 Å². The third-order valence-corrected chi connectivity index (χ3v) is 3.61. The summed E-state index contributed by atoms with van der Waals surface area (Å²) in [6, 6.07) is 5.41. The summed E-state index contributed by atoms with van der Waals surface area (Å²) >= 11 is 6.05. The number of nitrogens with zero attached hydrogens (tertiary/aromatic N) is 1. The Morgan fingerprint density at radius 2 is 2.05 bits per heavy atom. The fourth-order valence-electron chi connectivity index (χ4n) is 2.65. The number of hydrogen-bond donors (Lipinski definition) is 0. The molecule has 1 fully saturated rings. The third kappa shape index (κ3) is 1.86. The molecule has 1 aromatic rings. The molecule has 0 atom stereocenters. The predicted octanol–water partition coefficient (Wildman–Crippen LogP) is 2.54. The van der Waals surface area contributed by atoms with E-state index < -0.39 is 5.79 Å². The molecule has 3 rings (SSSR count). The van der Waals surface area contributed by atoms with Crippen molar-refractivity contribution in [1.29, 1.82) is 0 Å². The Bertz CT molecular complexity index is 523. The van der Waals surface area contributed by atoms with Crippen LogP contribution in [0, 0.1) is 5.92 Å². The molecule has 2 aliphatic rings. The topological polar surface area (TPSA) is 38.8 Å². The van der Waals surface area contributed by atoms with E-state index in [1.807, 2.05) is 6.07 Å². The van der Waals surface area contributed by atoms with E-state index in [0.29, 0.717) is 30.7 Å². The van der Waals surface area contributed by atoms with Crippen molar-refractivity contribution in [2.45, 2.75) is 19.6 Å². The lowest BCUT2D eigenvalue weighted by molar-refractivity contribution is -0.180. The first-order chi connectivity index (χ1) is 9.04. The van der Waals surface area contributed by atoms with Crippen LogP contribution < -0.4 is 4.90 Å². The second kappa shape index (κ2) is 4.47. The van der Waals surface area contributed by atoms with Crippen molar-refractivity contribution in [3.8, 4) is 0 Å². The van der Waals surface area contributed by atoms with Crippen molar-refractivity contribution in [3.63, 3.8) is 0 Å². The number of fused-ring (bicyclic) bond motifs is 2. The fraction of sp³-hybridized carbons (Fsp3) is 0.500. The highest BCUT2D eigenvalue weighted by molar-refractivity contribution is 6.31. The van der Waals surface area contributed by atoms with Crippen LogP contribution in [0.1, 0.15) is 19.4 Å². The van der Waals surface area contributed by atoms with E-state index in [1.165, 1.54) is 0 Å². The van der Waals surface area contributed by atoms with E-state index in [4.69, 9.17) is 21.1 Å². The quantitative estimate of drug-likeness (QED) is 0.836. The maximum atomic E-state index is 12.7. The maximum Gasteiger partial charge on any atom is 0.292 e. The van der Waals surface area contributed by atoms with Crippen LogP contribution >= 0.6 is 11.6 Å². The highest BCUT2D eigenvalue weighted by atomic mass is 35.5. The van der Waals surface area contributed by atoms with Gasteiger partial charge in [-0.3, -0.25) is 4.79 Å². The standard InChI is InChI=1S/C14H16ClNO3/c1-9(2)8-16-12-4-3-10(15)7-11(12)14(13(16)17)18-5-6-19-14/h3-4,7,9H,5-6,8H2,1-2H3. The molecule has 0 unspecified atom stereocenters. The number of halogens is 1. The van der Waals surface area contributed by atoms with Crippen LogP contribution in [0.2, 0.25) is 5.02 Å². The van der Waals surface area contributed by atoms with E-state index >= 15 is 0 Å². The fourth-order valence-corrected chi connectivity index (χ4v) is 2.82. The summed E-state index contributed by atoms with van der Waals surface area (Å²) in [6.07, 6.45) is 0. The lowest BCUT2D eigenvalue weighted by Crippen LogP contribution is -2.42. The zero-order valence-electron chi connectivity index (χ0n) is 11.0. The summed E-state index contributed by atoms with van der Waals surface area (Å²) in [4.78, 5) is 14.4. The summed E-state index contributed by atoms with van der Waals surface area (Å²) in [6.45, 7) is 5.64. The Morgan fingerprint density at radius 1 is 1.37 bits per heavy atom. The molecular weight excluding hydrogens is 266 g/mol. The van der Waals surface area contributed by atoms with Crippen LogP contribution in [0.4, 0.5) is 5.69 Å². The number of carbonyl (C=O) groups excluding carboxylic acids is 1. The van der Waals surface area contributed by atoms with Gasteiger partial charge in [-0.25, -0.2) is 0 Å². The minimum absolute atomic E-state index is 0.143. The van der Waals surface area contributed by atoms with Crippen LogP contribution in [0.25, 0.3) is 0 Å². The molecule has 2 aliphatic heterocycles. The van der Waals surface area contributed by atoms with Gasteiger partial charge in [0.1, 0.15) is 0 Å². The minimum atomic E-state index is -1.27. The number of rotatable bonds is 2. The summed E-state index contributed by atoms with van der Waals surface area (Å²) in [5.74, 6) is -1.05. The molecule has 1 saturated heterocycles. The lowest BCUT2D eigenvalue weighted by Gasteiger charge is -2.23. The molecule has 0 N–H and O–H groups in total. The first kappa shape index (κ1) is 12.9. The van der Waals surface area contributed by atoms with Crippen molar-refractivity contribution in [3.05, 3.63) is 28.8 Å². The van der Waals surface area contributed by atoms with Crippen LogP contribution in [0.5, 0.6) is 0 Å². The molecule has 1 amide bonds. The number of benzene rings is 1. The zero-order valence-corrected chi connectivity index (χ0v) is 11.7. The van der Waals surface area contributed by atoms with E-state index in [2.05, 4.69) is 13.8 Å². The molecule has 0 radical (unpaired) electrons. The van der Waals surface area contributed by atoms with E-state index in [-0.39, 0.29) is 5.91 Å². The van der Waals surface area contributed by atoms with Crippen LogP contribution in [0.3, 0.4) is 0 Å². The molecule has 4 nitrogen and oxygen atoms in total. The largest absolute Gasteiger partial charge is 0.336 e. The molecule has 0 aromatic heterocycles. The van der Waals surface area contributed by atoms with Crippen LogP contribution in [-0.4, -0.2) is 25.7 Å². The molecule has 2 heterocycles. The van der Waals surface area contributed by atoms with Crippen LogP contribution in [0.15, 0.2) is 18.2 Å². The van der Waals surface area contributed by atoms with Gasteiger partial charge in [-0.2, -0.15) is 0 Å². The summed E-state index contributed by atoms with van der Waals surface area (Å²) < 4.78 is 11.3. The van der Waals surface area contributed by atoms with Gasteiger partial charge in [0.25, 0.3) is 11.7 Å². The van der Waals surface area contributed by atoms with Gasteiger partial charge in [-0.15, -0.1) is 0 Å². The Labute approximate surface area is 117 Å². The monoisotopic (exact) mass is 281 g/mol. The zero-order chi connectivity index (χ0) is 13.6. The first-order valence-corrected chi connectivity index (χ1v) is 6.82. The number of hydrogen-bond acceptors (Lipinski definition) is 3. The third-order valence-electron chi connectivity index (χ3n) is 3.37. The molecular formula is C14H16ClNO3. The molecule has 0 saturated carbocycles. The predicted molar refractivity (Wildman–Crippen MR) is 72.2 cm³/mol. The van der Waals surface area contributed by atoms with Gasteiger partial charge in [0, 0.05) is 17.1 Å². The molecule has 0 bridgehead atoms. The summed E-state index contributed by atoms with van der Waals surface area (Å²) in [7, 11) is 0. The number of anilines is 1. The lowest BCUT2D eigenvalue weighted by atomic mass is 10.1. The average Bonchev–Trinajstić information content (AvgIpc) is 2.92. The van der Waals surface area contributed by atoms with Gasteiger partial charge < -0.3 is 14.4 Å². The Kier molecular flexibility index (Phi) is 3.04. The SMILES string of the molecule is CC(C)CN1C(=O)C2(OCCO2)c2cc(Cl)ccc21. The number of ether oxygens (including phenoxy) is 2. The van der Waals surface area contributed by atoms with Crippen LogP contribution in [-0.2, 0) is 20.1 Å². The van der Waals surface area contributed by atoms with Gasteiger partial charge in [0.2, 0.25) is 0 Å². The van der Waals surface area contributed by atoms with Crippen molar-refractivity contribution < 1.29 is 14.3 Å². The Hall–Kier alpha value is -1.10. The summed E-state index contributed by atoms with van der Waals surface area (Å²) in [5.41, 5.74) is 1.56. The Balaban J connectivity index is 2.11.